The predicted octanol–water partition coefficient (Wildman–Crippen LogP) is 2.50. The summed E-state index contributed by atoms with van der Waals surface area (Å²) >= 11 is 0. The lowest BCUT2D eigenvalue weighted by Gasteiger charge is -2.15. The highest BCUT2D eigenvalue weighted by Gasteiger charge is 2.16. The zero-order chi connectivity index (χ0) is 13.8. The van der Waals surface area contributed by atoms with Crippen molar-refractivity contribution in [1.29, 1.82) is 0 Å². The van der Waals surface area contributed by atoms with Crippen LogP contribution in [0.3, 0.4) is 0 Å². The van der Waals surface area contributed by atoms with Gasteiger partial charge in [0.15, 0.2) is 0 Å². The van der Waals surface area contributed by atoms with Gasteiger partial charge in [-0.3, -0.25) is 0 Å². The minimum Gasteiger partial charge on any atom is -0.477 e. The molecule has 0 saturated heterocycles. The number of rotatable bonds is 4. The molecule has 0 saturated carbocycles. The summed E-state index contributed by atoms with van der Waals surface area (Å²) in [7, 11) is 0. The Labute approximate surface area is 110 Å². The van der Waals surface area contributed by atoms with Gasteiger partial charge >= 0.3 is 5.97 Å². The van der Waals surface area contributed by atoms with E-state index in [4.69, 9.17) is 15.6 Å². The summed E-state index contributed by atoms with van der Waals surface area (Å²) in [6.45, 7) is 1.83. The Kier molecular flexibility index (Phi) is 3.66. The Morgan fingerprint density at radius 3 is 2.68 bits per heavy atom. The third-order valence-corrected chi connectivity index (χ3v) is 2.66. The summed E-state index contributed by atoms with van der Waals surface area (Å²) in [6, 6.07) is 10.8. The SMILES string of the molecule is CC(Oc1ncc(N)cc1C(=O)O)c1ccccc1. The van der Waals surface area contributed by atoms with Crippen molar-refractivity contribution in [3.05, 3.63) is 53.7 Å². The summed E-state index contributed by atoms with van der Waals surface area (Å²) in [6.07, 6.45) is 1.08. The Morgan fingerprint density at radius 2 is 2.05 bits per heavy atom. The van der Waals surface area contributed by atoms with E-state index in [-0.39, 0.29) is 23.2 Å². The number of hydrogen-bond acceptors (Lipinski definition) is 4. The lowest BCUT2D eigenvalue weighted by Crippen LogP contribution is -2.09. The van der Waals surface area contributed by atoms with E-state index in [0.717, 1.165) is 5.56 Å². The molecule has 0 spiro atoms. The molecule has 5 nitrogen and oxygen atoms in total. The van der Waals surface area contributed by atoms with Gasteiger partial charge in [0.1, 0.15) is 11.7 Å². The van der Waals surface area contributed by atoms with Gasteiger partial charge in [-0.1, -0.05) is 30.3 Å². The van der Waals surface area contributed by atoms with Crippen LogP contribution in [0.5, 0.6) is 5.88 Å². The van der Waals surface area contributed by atoms with Crippen LogP contribution in [0.25, 0.3) is 0 Å². The molecule has 1 heterocycles. The molecule has 0 radical (unpaired) electrons. The highest BCUT2D eigenvalue weighted by Crippen LogP contribution is 2.24. The third kappa shape index (κ3) is 3.01. The molecule has 0 bridgehead atoms. The molecule has 0 fully saturated rings. The van der Waals surface area contributed by atoms with Crippen LogP contribution >= 0.6 is 0 Å². The minimum absolute atomic E-state index is 0.0391. The molecule has 2 rings (SSSR count). The summed E-state index contributed by atoms with van der Waals surface area (Å²) in [4.78, 5) is 15.1. The molecule has 1 aromatic heterocycles. The van der Waals surface area contributed by atoms with Crippen LogP contribution in [0.15, 0.2) is 42.6 Å². The van der Waals surface area contributed by atoms with Crippen LogP contribution < -0.4 is 10.5 Å². The summed E-state index contributed by atoms with van der Waals surface area (Å²) in [5.41, 5.74) is 6.72. The van der Waals surface area contributed by atoms with Crippen molar-refractivity contribution in [3.63, 3.8) is 0 Å². The molecule has 0 aliphatic rings. The minimum atomic E-state index is -1.12. The third-order valence-electron chi connectivity index (χ3n) is 2.66. The van der Waals surface area contributed by atoms with Crippen LogP contribution in [0, 0.1) is 0 Å². The number of carbonyl (C=O) groups is 1. The molecule has 98 valence electrons. The van der Waals surface area contributed by atoms with Crippen LogP contribution in [-0.2, 0) is 0 Å². The van der Waals surface area contributed by atoms with Crippen LogP contribution in [0.4, 0.5) is 5.69 Å². The molecule has 0 aliphatic heterocycles. The second-order valence-electron chi connectivity index (χ2n) is 4.10. The van der Waals surface area contributed by atoms with Gasteiger partial charge in [0.2, 0.25) is 5.88 Å². The number of carboxylic acid groups (broad SMARTS) is 1. The highest BCUT2D eigenvalue weighted by atomic mass is 16.5. The van der Waals surface area contributed by atoms with Crippen molar-refractivity contribution in [2.75, 3.05) is 5.73 Å². The van der Waals surface area contributed by atoms with Crippen molar-refractivity contribution < 1.29 is 14.6 Å². The quantitative estimate of drug-likeness (QED) is 0.880. The second-order valence-corrected chi connectivity index (χ2v) is 4.10. The molecular weight excluding hydrogens is 244 g/mol. The van der Waals surface area contributed by atoms with Crippen molar-refractivity contribution in [3.8, 4) is 5.88 Å². The number of nitrogens with two attached hydrogens (primary N) is 1. The Bertz CT molecular complexity index is 584. The van der Waals surface area contributed by atoms with E-state index in [1.165, 1.54) is 12.3 Å². The fourth-order valence-electron chi connectivity index (χ4n) is 1.68. The molecule has 19 heavy (non-hydrogen) atoms. The van der Waals surface area contributed by atoms with Gasteiger partial charge in [-0.25, -0.2) is 9.78 Å². The van der Waals surface area contributed by atoms with E-state index in [2.05, 4.69) is 4.98 Å². The fourth-order valence-corrected chi connectivity index (χ4v) is 1.68. The molecule has 2 aromatic rings. The van der Waals surface area contributed by atoms with Crippen molar-refractivity contribution in [1.82, 2.24) is 4.98 Å². The van der Waals surface area contributed by atoms with Crippen LogP contribution in [0.2, 0.25) is 0 Å². The van der Waals surface area contributed by atoms with Gasteiger partial charge < -0.3 is 15.6 Å². The van der Waals surface area contributed by atoms with Gasteiger partial charge in [-0.05, 0) is 18.6 Å². The average Bonchev–Trinajstić information content (AvgIpc) is 2.41. The van der Waals surface area contributed by atoms with Gasteiger partial charge in [0.05, 0.1) is 11.9 Å². The topological polar surface area (TPSA) is 85.4 Å². The maximum atomic E-state index is 11.1. The average molecular weight is 258 g/mol. The molecule has 1 unspecified atom stereocenters. The summed E-state index contributed by atoms with van der Waals surface area (Å²) in [5, 5.41) is 9.10. The number of aromatic carboxylic acids is 1. The van der Waals surface area contributed by atoms with Gasteiger partial charge in [-0.15, -0.1) is 0 Å². The predicted molar refractivity (Wildman–Crippen MR) is 71.1 cm³/mol. The van der Waals surface area contributed by atoms with E-state index in [0.29, 0.717) is 0 Å². The van der Waals surface area contributed by atoms with Crippen molar-refractivity contribution in [2.45, 2.75) is 13.0 Å². The number of benzene rings is 1. The molecule has 1 aromatic carbocycles. The van der Waals surface area contributed by atoms with Crippen molar-refractivity contribution in [2.24, 2.45) is 0 Å². The van der Waals surface area contributed by atoms with Gasteiger partial charge in [0, 0.05) is 0 Å². The zero-order valence-electron chi connectivity index (χ0n) is 10.4. The first-order valence-corrected chi connectivity index (χ1v) is 5.78. The molecule has 0 aliphatic carbocycles. The highest BCUT2D eigenvalue weighted by molar-refractivity contribution is 5.91. The zero-order valence-corrected chi connectivity index (χ0v) is 10.4. The monoisotopic (exact) mass is 258 g/mol. The summed E-state index contributed by atoms with van der Waals surface area (Å²) < 4.78 is 5.60. The Hall–Kier alpha value is -2.56. The smallest absolute Gasteiger partial charge is 0.341 e. The number of carboxylic acids is 1. The number of pyridine rings is 1. The largest absolute Gasteiger partial charge is 0.477 e. The number of nitrogens with zero attached hydrogens (tertiary/aromatic N) is 1. The number of anilines is 1. The van der Waals surface area contributed by atoms with Crippen molar-refractivity contribution >= 4 is 11.7 Å². The van der Waals surface area contributed by atoms with Gasteiger partial charge in [0.25, 0.3) is 0 Å². The summed E-state index contributed by atoms with van der Waals surface area (Å²) in [5.74, 6) is -1.05. The van der Waals surface area contributed by atoms with Crippen LogP contribution in [0.1, 0.15) is 28.9 Å². The lowest BCUT2D eigenvalue weighted by atomic mass is 10.1. The number of aromatic nitrogens is 1. The first kappa shape index (κ1) is 12.9. The van der Waals surface area contributed by atoms with Crippen LogP contribution in [-0.4, -0.2) is 16.1 Å². The normalized spacial score (nSPS) is 11.8. The fraction of sp³-hybridized carbons (Fsp3) is 0.143. The lowest BCUT2D eigenvalue weighted by molar-refractivity contribution is 0.0688. The number of ether oxygens (including phenoxy) is 1. The maximum absolute atomic E-state index is 11.1. The van der Waals surface area contributed by atoms with E-state index in [1.54, 1.807) is 0 Å². The molecule has 1 atom stereocenters. The van der Waals surface area contributed by atoms with E-state index >= 15 is 0 Å². The number of nitrogen functional groups attached to an aromatic ring is 1. The van der Waals surface area contributed by atoms with E-state index in [9.17, 15) is 4.79 Å². The Balaban J connectivity index is 2.26. The molecule has 0 amide bonds. The molecule has 5 heteroatoms. The molecule has 3 N–H and O–H groups in total. The maximum Gasteiger partial charge on any atom is 0.341 e. The Morgan fingerprint density at radius 1 is 1.37 bits per heavy atom. The first-order valence-electron chi connectivity index (χ1n) is 5.78. The van der Waals surface area contributed by atoms with E-state index in [1.807, 2.05) is 37.3 Å². The standard InChI is InChI=1S/C14H14N2O3/c1-9(10-5-3-2-4-6-10)19-13-12(14(17)18)7-11(15)8-16-13/h2-9H,15H2,1H3,(H,17,18). The molecular formula is C14H14N2O3. The first-order chi connectivity index (χ1) is 9.08. The van der Waals surface area contributed by atoms with Gasteiger partial charge in [-0.2, -0.15) is 0 Å². The van der Waals surface area contributed by atoms with E-state index < -0.39 is 5.97 Å². The second kappa shape index (κ2) is 5.39. The number of hydrogen-bond donors (Lipinski definition) is 2.